The normalized spacial score (nSPS) is 10.2. The first-order valence-corrected chi connectivity index (χ1v) is 4.95. The molecule has 0 saturated carbocycles. The highest BCUT2D eigenvalue weighted by Gasteiger charge is 2.04. The van der Waals surface area contributed by atoms with E-state index < -0.39 is 11.6 Å². The van der Waals surface area contributed by atoms with E-state index in [4.69, 9.17) is 5.11 Å². The first kappa shape index (κ1) is 12.6. The number of carbonyl (C=O) groups excluding carboxylic acids is 1. The molecule has 5 heteroatoms. The monoisotopic (exact) mass is 229 g/mol. The number of rotatable bonds is 5. The Morgan fingerprint density at radius 1 is 1.38 bits per heavy atom. The minimum Gasteiger partial charge on any atom is -0.396 e. The lowest BCUT2D eigenvalue weighted by Crippen LogP contribution is -2.26. The molecule has 16 heavy (non-hydrogen) atoms. The van der Waals surface area contributed by atoms with Gasteiger partial charge in [0, 0.05) is 19.0 Å². The summed E-state index contributed by atoms with van der Waals surface area (Å²) in [6, 6.07) is 3.34. The van der Waals surface area contributed by atoms with Crippen LogP contribution in [0, 0.1) is 11.6 Å². The molecular weight excluding hydrogens is 216 g/mol. The van der Waals surface area contributed by atoms with Crippen molar-refractivity contribution in [2.24, 2.45) is 0 Å². The Labute approximate surface area is 92.1 Å². The number of hydrogen-bond acceptors (Lipinski definition) is 2. The second-order valence-corrected chi connectivity index (χ2v) is 3.31. The van der Waals surface area contributed by atoms with E-state index in [1.54, 1.807) is 0 Å². The van der Waals surface area contributed by atoms with Crippen molar-refractivity contribution in [2.45, 2.75) is 12.8 Å². The van der Waals surface area contributed by atoms with Gasteiger partial charge in [0.05, 0.1) is 6.61 Å². The zero-order chi connectivity index (χ0) is 12.0. The molecule has 0 aliphatic rings. The van der Waals surface area contributed by atoms with E-state index in [0.29, 0.717) is 12.0 Å². The largest absolute Gasteiger partial charge is 0.396 e. The smallest absolute Gasteiger partial charge is 0.222 e. The number of hydrogen-bond donors (Lipinski definition) is 2. The molecule has 0 spiro atoms. The van der Waals surface area contributed by atoms with Crippen LogP contribution in [0.2, 0.25) is 0 Å². The molecule has 0 aliphatic carbocycles. The number of nitrogens with one attached hydrogen (secondary N) is 1. The van der Waals surface area contributed by atoms with E-state index in [-0.39, 0.29) is 25.5 Å². The molecular formula is C11H13F2NO2. The lowest BCUT2D eigenvalue weighted by molar-refractivity contribution is -0.121. The van der Waals surface area contributed by atoms with Gasteiger partial charge in [-0.05, 0) is 18.1 Å². The van der Waals surface area contributed by atoms with Crippen LogP contribution in [0.5, 0.6) is 0 Å². The van der Waals surface area contributed by atoms with E-state index in [0.717, 1.165) is 6.07 Å². The van der Waals surface area contributed by atoms with E-state index in [1.165, 1.54) is 12.1 Å². The van der Waals surface area contributed by atoms with Crippen molar-refractivity contribution >= 4 is 5.91 Å². The molecule has 1 aromatic carbocycles. The Hall–Kier alpha value is -1.49. The lowest BCUT2D eigenvalue weighted by atomic mass is 10.1. The van der Waals surface area contributed by atoms with Crippen LogP contribution in [-0.4, -0.2) is 24.2 Å². The van der Waals surface area contributed by atoms with Gasteiger partial charge in [-0.3, -0.25) is 4.79 Å². The van der Waals surface area contributed by atoms with Gasteiger partial charge >= 0.3 is 0 Å². The summed E-state index contributed by atoms with van der Waals surface area (Å²) in [5.41, 5.74) is 0.352. The van der Waals surface area contributed by atoms with Crippen LogP contribution in [0.4, 0.5) is 8.78 Å². The van der Waals surface area contributed by atoms with Crippen molar-refractivity contribution in [1.82, 2.24) is 5.32 Å². The van der Waals surface area contributed by atoms with Gasteiger partial charge in [0.1, 0.15) is 11.6 Å². The lowest BCUT2D eigenvalue weighted by Gasteiger charge is -2.05. The first-order valence-electron chi connectivity index (χ1n) is 4.95. The summed E-state index contributed by atoms with van der Waals surface area (Å²) >= 11 is 0. The molecule has 0 atom stereocenters. The molecule has 0 aromatic heterocycles. The molecule has 3 nitrogen and oxygen atoms in total. The van der Waals surface area contributed by atoms with Gasteiger partial charge in [0.2, 0.25) is 5.91 Å². The second kappa shape index (κ2) is 6.17. The van der Waals surface area contributed by atoms with Crippen molar-refractivity contribution in [3.8, 4) is 0 Å². The van der Waals surface area contributed by atoms with Crippen molar-refractivity contribution in [1.29, 1.82) is 0 Å². The molecule has 1 rings (SSSR count). The third kappa shape index (κ3) is 3.94. The zero-order valence-corrected chi connectivity index (χ0v) is 8.67. The Bertz CT molecular complexity index is 369. The van der Waals surface area contributed by atoms with Gasteiger partial charge in [0.15, 0.2) is 0 Å². The van der Waals surface area contributed by atoms with Gasteiger partial charge in [-0.2, -0.15) is 0 Å². The molecule has 0 bridgehead atoms. The predicted octanol–water partition coefficient (Wildman–Crippen LogP) is 1.01. The molecule has 0 unspecified atom stereocenters. The molecule has 0 heterocycles. The summed E-state index contributed by atoms with van der Waals surface area (Å²) in [6.07, 6.45) is 0.329. The summed E-state index contributed by atoms with van der Waals surface area (Å²) in [5.74, 6) is -1.52. The van der Waals surface area contributed by atoms with Gasteiger partial charge in [-0.25, -0.2) is 8.78 Å². The van der Waals surface area contributed by atoms with Crippen LogP contribution in [0.1, 0.15) is 12.0 Å². The summed E-state index contributed by atoms with van der Waals surface area (Å²) in [4.78, 5) is 10.9. The third-order valence-electron chi connectivity index (χ3n) is 2.07. The summed E-state index contributed by atoms with van der Waals surface area (Å²) in [5, 5.41) is 11.0. The predicted molar refractivity (Wildman–Crippen MR) is 54.8 cm³/mol. The van der Waals surface area contributed by atoms with Crippen LogP contribution in [0.3, 0.4) is 0 Å². The number of halogens is 2. The SMILES string of the molecule is O=C(CCO)NCCc1ccc(F)cc1F. The van der Waals surface area contributed by atoms with E-state index in [2.05, 4.69) is 5.32 Å². The molecule has 2 N–H and O–H groups in total. The standard InChI is InChI=1S/C11H13F2NO2/c12-9-2-1-8(10(13)7-9)3-5-14-11(16)4-6-15/h1-2,7,15H,3-6H2,(H,14,16). The molecule has 1 amide bonds. The average Bonchev–Trinajstić information content (AvgIpc) is 2.22. The fraction of sp³-hybridized carbons (Fsp3) is 0.364. The van der Waals surface area contributed by atoms with Gasteiger partial charge in [0.25, 0.3) is 0 Å². The second-order valence-electron chi connectivity index (χ2n) is 3.31. The fourth-order valence-corrected chi connectivity index (χ4v) is 1.25. The fourth-order valence-electron chi connectivity index (χ4n) is 1.25. The maximum Gasteiger partial charge on any atom is 0.222 e. The Kier molecular flexibility index (Phi) is 4.85. The van der Waals surface area contributed by atoms with Crippen LogP contribution >= 0.6 is 0 Å². The van der Waals surface area contributed by atoms with Crippen LogP contribution in [0.25, 0.3) is 0 Å². The summed E-state index contributed by atoms with van der Waals surface area (Å²) < 4.78 is 25.7. The molecule has 0 aliphatic heterocycles. The quantitative estimate of drug-likeness (QED) is 0.791. The highest BCUT2D eigenvalue weighted by atomic mass is 19.1. The number of carbonyl (C=O) groups is 1. The van der Waals surface area contributed by atoms with Crippen molar-refractivity contribution < 1.29 is 18.7 Å². The summed E-state index contributed by atoms with van der Waals surface area (Å²) in [7, 11) is 0. The number of aliphatic hydroxyl groups is 1. The zero-order valence-electron chi connectivity index (χ0n) is 8.67. The number of amides is 1. The molecule has 88 valence electrons. The van der Waals surface area contributed by atoms with Gasteiger partial charge < -0.3 is 10.4 Å². The molecule has 1 aromatic rings. The number of benzene rings is 1. The minimum atomic E-state index is -0.620. The van der Waals surface area contributed by atoms with Crippen LogP contribution in [-0.2, 0) is 11.2 Å². The molecule has 0 radical (unpaired) electrons. The van der Waals surface area contributed by atoms with Crippen molar-refractivity contribution in [3.63, 3.8) is 0 Å². The maximum absolute atomic E-state index is 13.1. The highest BCUT2D eigenvalue weighted by molar-refractivity contribution is 5.75. The topological polar surface area (TPSA) is 49.3 Å². The van der Waals surface area contributed by atoms with Gasteiger partial charge in [-0.15, -0.1) is 0 Å². The Balaban J connectivity index is 2.40. The third-order valence-corrected chi connectivity index (χ3v) is 2.07. The van der Waals surface area contributed by atoms with Crippen molar-refractivity contribution in [3.05, 3.63) is 35.4 Å². The van der Waals surface area contributed by atoms with E-state index in [1.807, 2.05) is 0 Å². The van der Waals surface area contributed by atoms with E-state index in [9.17, 15) is 13.6 Å². The van der Waals surface area contributed by atoms with E-state index >= 15 is 0 Å². The molecule has 0 saturated heterocycles. The minimum absolute atomic E-state index is 0.0336. The van der Waals surface area contributed by atoms with Gasteiger partial charge in [-0.1, -0.05) is 6.07 Å². The first-order chi connectivity index (χ1) is 7.63. The Morgan fingerprint density at radius 3 is 2.75 bits per heavy atom. The number of aliphatic hydroxyl groups excluding tert-OH is 1. The Morgan fingerprint density at radius 2 is 2.12 bits per heavy atom. The highest BCUT2D eigenvalue weighted by Crippen LogP contribution is 2.09. The van der Waals surface area contributed by atoms with Crippen LogP contribution in [0.15, 0.2) is 18.2 Å². The molecule has 0 fully saturated rings. The average molecular weight is 229 g/mol. The van der Waals surface area contributed by atoms with Crippen LogP contribution < -0.4 is 5.32 Å². The maximum atomic E-state index is 13.1. The van der Waals surface area contributed by atoms with Crippen molar-refractivity contribution in [2.75, 3.05) is 13.2 Å². The summed E-state index contributed by atoms with van der Waals surface area (Å²) in [6.45, 7) is 0.0537.